The van der Waals surface area contributed by atoms with E-state index in [1.165, 1.54) is 0 Å². The van der Waals surface area contributed by atoms with E-state index in [4.69, 9.17) is 10.00 Å². The summed E-state index contributed by atoms with van der Waals surface area (Å²) in [6, 6.07) is 17.7. The van der Waals surface area contributed by atoms with Crippen LogP contribution >= 0.6 is 0 Å². The molecular weight excluding hydrogens is 240 g/mol. The molecule has 0 unspecified atom stereocenters. The summed E-state index contributed by atoms with van der Waals surface area (Å²) >= 11 is 0. The Morgan fingerprint density at radius 1 is 1.11 bits per heavy atom. The molecule has 1 amide bonds. The van der Waals surface area contributed by atoms with Gasteiger partial charge in [-0.15, -0.1) is 0 Å². The molecule has 0 fully saturated rings. The van der Waals surface area contributed by atoms with Crippen molar-refractivity contribution >= 4 is 11.6 Å². The molecule has 0 heterocycles. The Morgan fingerprint density at radius 3 is 2.42 bits per heavy atom. The zero-order chi connectivity index (χ0) is 13.5. The summed E-state index contributed by atoms with van der Waals surface area (Å²) < 4.78 is 5.13. The van der Waals surface area contributed by atoms with Crippen LogP contribution in [0, 0.1) is 11.3 Å². The maximum atomic E-state index is 11.9. The lowest BCUT2D eigenvalue weighted by molar-refractivity contribution is 0.102. The van der Waals surface area contributed by atoms with Crippen molar-refractivity contribution in [1.29, 1.82) is 5.26 Å². The van der Waals surface area contributed by atoms with Gasteiger partial charge in [-0.25, -0.2) is 0 Å². The number of hydrogen-bond donors (Lipinski definition) is 1. The van der Waals surface area contributed by atoms with Gasteiger partial charge < -0.3 is 10.1 Å². The van der Waals surface area contributed by atoms with Crippen LogP contribution in [0.25, 0.3) is 0 Å². The van der Waals surface area contributed by atoms with Crippen LogP contribution in [0.3, 0.4) is 0 Å². The highest BCUT2D eigenvalue weighted by molar-refractivity contribution is 6.04. The van der Waals surface area contributed by atoms with Gasteiger partial charge >= 0.3 is 0 Å². The highest BCUT2D eigenvalue weighted by Gasteiger charge is 2.04. The summed E-state index contributed by atoms with van der Waals surface area (Å²) in [5.41, 5.74) is 1.28. The van der Waals surface area contributed by atoms with Gasteiger partial charge in [0.2, 0.25) is 0 Å². The number of nitrogens with zero attached hydrogens (tertiary/aromatic N) is 1. The fourth-order valence-corrected chi connectivity index (χ4v) is 1.54. The summed E-state index contributed by atoms with van der Waals surface area (Å²) in [4.78, 5) is 11.9. The molecular formula is C15H12N2O2. The minimum absolute atomic E-state index is 0.00964. The average molecular weight is 252 g/mol. The number of nitrogens with one attached hydrogen (secondary N) is 1. The van der Waals surface area contributed by atoms with Crippen molar-refractivity contribution in [3.63, 3.8) is 0 Å². The Morgan fingerprint density at radius 2 is 1.79 bits per heavy atom. The molecule has 0 saturated heterocycles. The number of anilines is 1. The van der Waals surface area contributed by atoms with E-state index in [0.717, 1.165) is 0 Å². The fraction of sp³-hybridized carbons (Fsp3) is 0.0667. The molecule has 0 aliphatic rings. The van der Waals surface area contributed by atoms with E-state index in [-0.39, 0.29) is 12.5 Å². The van der Waals surface area contributed by atoms with E-state index < -0.39 is 0 Å². The third kappa shape index (κ3) is 3.58. The molecule has 0 aromatic heterocycles. The number of amides is 1. The van der Waals surface area contributed by atoms with Gasteiger partial charge in [0.05, 0.1) is 0 Å². The second-order valence-electron chi connectivity index (χ2n) is 3.79. The number of carbonyl (C=O) groups excluding carboxylic acids is 1. The molecule has 0 aliphatic carbocycles. The van der Waals surface area contributed by atoms with Crippen LogP contribution in [-0.2, 0) is 0 Å². The zero-order valence-electron chi connectivity index (χ0n) is 10.2. The first kappa shape index (κ1) is 12.7. The first-order valence-corrected chi connectivity index (χ1v) is 5.76. The summed E-state index contributed by atoms with van der Waals surface area (Å²) in [6.07, 6.45) is 0. The Labute approximate surface area is 111 Å². The molecule has 0 aliphatic heterocycles. The molecule has 0 bridgehead atoms. The van der Waals surface area contributed by atoms with Crippen molar-refractivity contribution in [1.82, 2.24) is 0 Å². The summed E-state index contributed by atoms with van der Waals surface area (Å²) in [6.45, 7) is 0.00964. The van der Waals surface area contributed by atoms with Gasteiger partial charge in [0.15, 0.2) is 6.61 Å². The van der Waals surface area contributed by atoms with Gasteiger partial charge in [-0.3, -0.25) is 4.79 Å². The van der Waals surface area contributed by atoms with Gasteiger partial charge in [0, 0.05) is 11.3 Å². The number of carbonyl (C=O) groups is 1. The van der Waals surface area contributed by atoms with Gasteiger partial charge in [0.1, 0.15) is 11.8 Å². The topological polar surface area (TPSA) is 62.1 Å². The Kier molecular flexibility index (Phi) is 4.14. The predicted octanol–water partition coefficient (Wildman–Crippen LogP) is 2.84. The molecule has 4 heteroatoms. The van der Waals surface area contributed by atoms with Crippen molar-refractivity contribution in [2.75, 3.05) is 11.9 Å². The third-order valence-corrected chi connectivity index (χ3v) is 2.45. The number of rotatable bonds is 4. The van der Waals surface area contributed by atoms with Crippen LogP contribution in [0.1, 0.15) is 10.4 Å². The van der Waals surface area contributed by atoms with E-state index in [2.05, 4.69) is 5.32 Å². The maximum Gasteiger partial charge on any atom is 0.255 e. The number of ether oxygens (including phenoxy) is 1. The molecule has 2 aromatic carbocycles. The standard InChI is InChI=1S/C15H12N2O2/c16-10-11-19-14-8-6-13(7-9-14)17-15(18)12-4-2-1-3-5-12/h1-9H,11H2,(H,17,18). The van der Waals surface area contributed by atoms with E-state index >= 15 is 0 Å². The Balaban J connectivity index is 2.00. The van der Waals surface area contributed by atoms with Crippen molar-refractivity contribution in [2.45, 2.75) is 0 Å². The molecule has 19 heavy (non-hydrogen) atoms. The van der Waals surface area contributed by atoms with Crippen molar-refractivity contribution in [3.8, 4) is 11.8 Å². The highest BCUT2D eigenvalue weighted by Crippen LogP contribution is 2.16. The Hall–Kier alpha value is -2.80. The SMILES string of the molecule is N#CCOc1ccc(NC(=O)c2ccccc2)cc1. The van der Waals surface area contributed by atoms with Crippen LogP contribution in [0.4, 0.5) is 5.69 Å². The summed E-state index contributed by atoms with van der Waals surface area (Å²) in [5.74, 6) is 0.436. The van der Waals surface area contributed by atoms with Crippen LogP contribution in [0.5, 0.6) is 5.75 Å². The van der Waals surface area contributed by atoms with Crippen LogP contribution in [0.15, 0.2) is 54.6 Å². The van der Waals surface area contributed by atoms with E-state index in [0.29, 0.717) is 17.0 Å². The lowest BCUT2D eigenvalue weighted by Gasteiger charge is -2.06. The van der Waals surface area contributed by atoms with E-state index in [1.807, 2.05) is 24.3 Å². The second kappa shape index (κ2) is 6.22. The normalized spacial score (nSPS) is 9.42. The van der Waals surface area contributed by atoms with Gasteiger partial charge in [-0.05, 0) is 36.4 Å². The maximum absolute atomic E-state index is 11.9. The lowest BCUT2D eigenvalue weighted by atomic mass is 10.2. The van der Waals surface area contributed by atoms with Crippen LogP contribution in [-0.4, -0.2) is 12.5 Å². The molecule has 2 aromatic rings. The van der Waals surface area contributed by atoms with Crippen molar-refractivity contribution < 1.29 is 9.53 Å². The van der Waals surface area contributed by atoms with Crippen LogP contribution in [0.2, 0.25) is 0 Å². The first-order chi connectivity index (χ1) is 9.29. The summed E-state index contributed by atoms with van der Waals surface area (Å²) in [5, 5.41) is 11.2. The minimum Gasteiger partial charge on any atom is -0.479 e. The predicted molar refractivity (Wildman–Crippen MR) is 71.9 cm³/mol. The molecule has 2 rings (SSSR count). The van der Waals surface area contributed by atoms with E-state index in [1.54, 1.807) is 36.4 Å². The zero-order valence-corrected chi connectivity index (χ0v) is 10.2. The molecule has 1 N–H and O–H groups in total. The first-order valence-electron chi connectivity index (χ1n) is 5.76. The van der Waals surface area contributed by atoms with Gasteiger partial charge in [-0.1, -0.05) is 18.2 Å². The Bertz CT molecular complexity index is 586. The van der Waals surface area contributed by atoms with Crippen molar-refractivity contribution in [2.24, 2.45) is 0 Å². The van der Waals surface area contributed by atoms with Crippen LogP contribution < -0.4 is 10.1 Å². The number of benzene rings is 2. The molecule has 94 valence electrons. The quantitative estimate of drug-likeness (QED) is 0.910. The monoisotopic (exact) mass is 252 g/mol. The smallest absolute Gasteiger partial charge is 0.255 e. The average Bonchev–Trinajstić information content (AvgIpc) is 2.47. The number of nitriles is 1. The second-order valence-corrected chi connectivity index (χ2v) is 3.79. The molecule has 0 radical (unpaired) electrons. The third-order valence-electron chi connectivity index (χ3n) is 2.45. The molecule has 0 spiro atoms. The summed E-state index contributed by atoms with van der Waals surface area (Å²) in [7, 11) is 0. The molecule has 4 nitrogen and oxygen atoms in total. The molecule has 0 atom stereocenters. The largest absolute Gasteiger partial charge is 0.479 e. The minimum atomic E-state index is -0.161. The highest BCUT2D eigenvalue weighted by atomic mass is 16.5. The van der Waals surface area contributed by atoms with E-state index in [9.17, 15) is 4.79 Å². The van der Waals surface area contributed by atoms with Crippen molar-refractivity contribution in [3.05, 3.63) is 60.2 Å². The fourth-order valence-electron chi connectivity index (χ4n) is 1.54. The lowest BCUT2D eigenvalue weighted by Crippen LogP contribution is -2.11. The van der Waals surface area contributed by atoms with Gasteiger partial charge in [0.25, 0.3) is 5.91 Å². The number of hydrogen-bond acceptors (Lipinski definition) is 3. The molecule has 0 saturated carbocycles. The van der Waals surface area contributed by atoms with Gasteiger partial charge in [-0.2, -0.15) is 5.26 Å².